The summed E-state index contributed by atoms with van der Waals surface area (Å²) < 4.78 is 7.21. The number of nitrogens with one attached hydrogen (secondary N) is 1. The van der Waals surface area contributed by atoms with Crippen LogP contribution in [0.4, 0.5) is 0 Å². The van der Waals surface area contributed by atoms with Crippen LogP contribution in [0.3, 0.4) is 0 Å². The molecule has 4 heteroatoms. The summed E-state index contributed by atoms with van der Waals surface area (Å²) in [6.45, 7) is 6.31. The predicted molar refractivity (Wildman–Crippen MR) is 74.9 cm³/mol. The number of ether oxygens (including phenoxy) is 1. The minimum absolute atomic E-state index is 0.671. The highest BCUT2D eigenvalue weighted by molar-refractivity contribution is 9.11. The first-order valence-corrected chi connectivity index (χ1v) is 6.85. The lowest BCUT2D eigenvalue weighted by Crippen LogP contribution is -2.18. The van der Waals surface area contributed by atoms with E-state index < -0.39 is 0 Å². The SMILES string of the molecule is COc1c(Br)cc(CNCC(C)C)cc1Br. The van der Waals surface area contributed by atoms with Crippen molar-refractivity contribution in [2.75, 3.05) is 13.7 Å². The van der Waals surface area contributed by atoms with Gasteiger partial charge in [0.25, 0.3) is 0 Å². The molecule has 1 N–H and O–H groups in total. The van der Waals surface area contributed by atoms with Crippen molar-refractivity contribution in [3.8, 4) is 5.75 Å². The molecule has 0 amide bonds. The van der Waals surface area contributed by atoms with E-state index in [-0.39, 0.29) is 0 Å². The van der Waals surface area contributed by atoms with Crippen molar-refractivity contribution in [3.63, 3.8) is 0 Å². The van der Waals surface area contributed by atoms with Crippen molar-refractivity contribution in [2.45, 2.75) is 20.4 Å². The van der Waals surface area contributed by atoms with Crippen molar-refractivity contribution in [1.82, 2.24) is 5.32 Å². The van der Waals surface area contributed by atoms with Crippen LogP contribution in [0.5, 0.6) is 5.75 Å². The van der Waals surface area contributed by atoms with E-state index in [1.807, 2.05) is 0 Å². The largest absolute Gasteiger partial charge is 0.494 e. The van der Waals surface area contributed by atoms with Crippen molar-refractivity contribution < 1.29 is 4.74 Å². The van der Waals surface area contributed by atoms with Gasteiger partial charge in [-0.15, -0.1) is 0 Å². The topological polar surface area (TPSA) is 21.3 Å². The summed E-state index contributed by atoms with van der Waals surface area (Å²) in [5.74, 6) is 1.51. The molecule has 1 aromatic rings. The Bertz CT molecular complexity index is 330. The van der Waals surface area contributed by atoms with Gasteiger partial charge < -0.3 is 10.1 Å². The van der Waals surface area contributed by atoms with Crippen LogP contribution in [0.25, 0.3) is 0 Å². The number of halogens is 2. The Morgan fingerprint density at radius 3 is 2.25 bits per heavy atom. The van der Waals surface area contributed by atoms with Crippen molar-refractivity contribution in [2.24, 2.45) is 5.92 Å². The van der Waals surface area contributed by atoms with Gasteiger partial charge in [0.1, 0.15) is 5.75 Å². The molecule has 16 heavy (non-hydrogen) atoms. The Morgan fingerprint density at radius 1 is 1.25 bits per heavy atom. The van der Waals surface area contributed by atoms with Crippen LogP contribution in [-0.4, -0.2) is 13.7 Å². The van der Waals surface area contributed by atoms with Gasteiger partial charge in [0.15, 0.2) is 0 Å². The highest BCUT2D eigenvalue weighted by Crippen LogP contribution is 2.34. The van der Waals surface area contributed by atoms with Gasteiger partial charge in [0.2, 0.25) is 0 Å². The highest BCUT2D eigenvalue weighted by atomic mass is 79.9. The molecule has 0 heterocycles. The lowest BCUT2D eigenvalue weighted by atomic mass is 10.2. The quantitative estimate of drug-likeness (QED) is 0.867. The summed E-state index contributed by atoms with van der Waals surface area (Å²) in [5, 5.41) is 3.41. The van der Waals surface area contributed by atoms with E-state index in [2.05, 4.69) is 63.2 Å². The van der Waals surface area contributed by atoms with E-state index in [9.17, 15) is 0 Å². The number of hydrogen-bond donors (Lipinski definition) is 1. The van der Waals surface area contributed by atoms with E-state index in [0.29, 0.717) is 5.92 Å². The minimum atomic E-state index is 0.671. The number of benzene rings is 1. The maximum Gasteiger partial charge on any atom is 0.147 e. The van der Waals surface area contributed by atoms with E-state index in [1.165, 1.54) is 5.56 Å². The zero-order valence-corrected chi connectivity index (χ0v) is 13.0. The standard InChI is InChI=1S/C12H17Br2NO/c1-8(2)6-15-7-9-4-10(13)12(16-3)11(14)5-9/h4-5,8,15H,6-7H2,1-3H3. The monoisotopic (exact) mass is 349 g/mol. The van der Waals surface area contributed by atoms with Crippen LogP contribution in [-0.2, 0) is 6.54 Å². The van der Waals surface area contributed by atoms with Gasteiger partial charge in [-0.05, 0) is 62.0 Å². The van der Waals surface area contributed by atoms with Crippen LogP contribution in [0, 0.1) is 5.92 Å². The Morgan fingerprint density at radius 2 is 1.81 bits per heavy atom. The number of hydrogen-bond acceptors (Lipinski definition) is 2. The van der Waals surface area contributed by atoms with E-state index in [0.717, 1.165) is 27.8 Å². The molecule has 2 nitrogen and oxygen atoms in total. The maximum absolute atomic E-state index is 5.26. The third kappa shape index (κ3) is 4.07. The van der Waals surface area contributed by atoms with Crippen LogP contribution in [0.15, 0.2) is 21.1 Å². The van der Waals surface area contributed by atoms with Gasteiger partial charge in [-0.25, -0.2) is 0 Å². The molecule has 1 aromatic carbocycles. The van der Waals surface area contributed by atoms with Gasteiger partial charge in [-0.1, -0.05) is 13.8 Å². The zero-order valence-electron chi connectivity index (χ0n) is 9.81. The van der Waals surface area contributed by atoms with Crippen molar-refractivity contribution in [3.05, 3.63) is 26.6 Å². The maximum atomic E-state index is 5.26. The second-order valence-corrected chi connectivity index (χ2v) is 5.83. The molecule has 0 bridgehead atoms. The summed E-state index contributed by atoms with van der Waals surface area (Å²) in [6.07, 6.45) is 0. The third-order valence-electron chi connectivity index (χ3n) is 2.14. The lowest BCUT2D eigenvalue weighted by Gasteiger charge is -2.11. The first kappa shape index (κ1) is 14.0. The summed E-state index contributed by atoms with van der Waals surface area (Å²) >= 11 is 6.99. The fraction of sp³-hybridized carbons (Fsp3) is 0.500. The summed E-state index contributed by atoms with van der Waals surface area (Å²) in [4.78, 5) is 0. The van der Waals surface area contributed by atoms with Gasteiger partial charge in [-0.3, -0.25) is 0 Å². The molecule has 1 rings (SSSR count). The number of methoxy groups -OCH3 is 1. The first-order chi connectivity index (χ1) is 7.54. The molecule has 0 aliphatic heterocycles. The van der Waals surface area contributed by atoms with Crippen molar-refractivity contribution in [1.29, 1.82) is 0 Å². The lowest BCUT2D eigenvalue weighted by molar-refractivity contribution is 0.409. The van der Waals surface area contributed by atoms with Crippen LogP contribution < -0.4 is 10.1 Å². The molecule has 0 saturated heterocycles. The molecule has 0 atom stereocenters. The molecule has 0 spiro atoms. The van der Waals surface area contributed by atoms with Gasteiger partial charge in [0.05, 0.1) is 16.1 Å². The van der Waals surface area contributed by atoms with E-state index >= 15 is 0 Å². The Labute approximate surface area is 114 Å². The average molecular weight is 351 g/mol. The van der Waals surface area contributed by atoms with Crippen LogP contribution >= 0.6 is 31.9 Å². The fourth-order valence-electron chi connectivity index (χ4n) is 1.41. The molecule has 0 aromatic heterocycles. The van der Waals surface area contributed by atoms with Gasteiger partial charge >= 0.3 is 0 Å². The third-order valence-corrected chi connectivity index (χ3v) is 3.32. The predicted octanol–water partition coefficient (Wildman–Crippen LogP) is 3.97. The molecule has 90 valence electrons. The molecule has 0 radical (unpaired) electrons. The van der Waals surface area contributed by atoms with Crippen LogP contribution in [0.1, 0.15) is 19.4 Å². The number of rotatable bonds is 5. The smallest absolute Gasteiger partial charge is 0.147 e. The minimum Gasteiger partial charge on any atom is -0.494 e. The molecule has 0 saturated carbocycles. The van der Waals surface area contributed by atoms with Crippen LogP contribution in [0.2, 0.25) is 0 Å². The first-order valence-electron chi connectivity index (χ1n) is 5.27. The Balaban J connectivity index is 2.68. The Kier molecular flexibility index (Phi) is 5.79. The molecule has 0 unspecified atom stereocenters. The summed E-state index contributed by atoms with van der Waals surface area (Å²) in [7, 11) is 1.67. The second kappa shape index (κ2) is 6.62. The molecule has 0 aliphatic carbocycles. The fourth-order valence-corrected chi connectivity index (χ4v) is 3.02. The second-order valence-electron chi connectivity index (χ2n) is 4.12. The molecular formula is C12H17Br2NO. The van der Waals surface area contributed by atoms with E-state index in [4.69, 9.17) is 4.74 Å². The molecule has 0 fully saturated rings. The Hall–Kier alpha value is -0.0600. The van der Waals surface area contributed by atoms with Gasteiger partial charge in [-0.2, -0.15) is 0 Å². The molecule has 0 aliphatic rings. The van der Waals surface area contributed by atoms with E-state index in [1.54, 1.807) is 7.11 Å². The average Bonchev–Trinajstić information content (AvgIpc) is 2.16. The normalized spacial score (nSPS) is 10.9. The summed E-state index contributed by atoms with van der Waals surface area (Å²) in [5.41, 5.74) is 1.24. The molecular weight excluding hydrogens is 334 g/mol. The summed E-state index contributed by atoms with van der Waals surface area (Å²) in [6, 6.07) is 4.16. The van der Waals surface area contributed by atoms with Gasteiger partial charge in [0, 0.05) is 6.54 Å². The highest BCUT2D eigenvalue weighted by Gasteiger charge is 2.07. The van der Waals surface area contributed by atoms with Crippen molar-refractivity contribution >= 4 is 31.9 Å². The zero-order chi connectivity index (χ0) is 12.1.